The summed E-state index contributed by atoms with van der Waals surface area (Å²) in [6.45, 7) is 4.29. The van der Waals surface area contributed by atoms with Crippen molar-refractivity contribution in [1.29, 1.82) is 0 Å². The van der Waals surface area contributed by atoms with Gasteiger partial charge in [-0.05, 0) is 56.7 Å². The monoisotopic (exact) mass is 353 g/mol. The molecule has 1 fully saturated rings. The molecule has 0 bridgehead atoms. The van der Waals surface area contributed by atoms with Crippen LogP contribution in [0, 0.1) is 5.41 Å². The maximum absolute atomic E-state index is 12.6. The molecule has 138 valence electrons. The molecule has 1 aromatic heterocycles. The molecule has 0 amide bonds. The van der Waals surface area contributed by atoms with Crippen molar-refractivity contribution in [3.8, 4) is 0 Å². The number of fused-ring (bicyclic) bond motifs is 1. The van der Waals surface area contributed by atoms with Gasteiger partial charge in [-0.1, -0.05) is 37.3 Å². The molecule has 1 aromatic carbocycles. The number of hydrogen-bond acceptors (Lipinski definition) is 4. The Morgan fingerprint density at radius 2 is 2.00 bits per heavy atom. The van der Waals surface area contributed by atoms with Crippen molar-refractivity contribution in [2.45, 2.75) is 52.1 Å². The van der Waals surface area contributed by atoms with Crippen LogP contribution in [0.1, 0.15) is 50.8 Å². The lowest BCUT2D eigenvalue weighted by Gasteiger charge is -2.34. The van der Waals surface area contributed by atoms with Crippen molar-refractivity contribution in [2.24, 2.45) is 5.41 Å². The van der Waals surface area contributed by atoms with Crippen LogP contribution in [0.2, 0.25) is 0 Å². The molecular formula is C22H27NO3. The molecule has 4 heteroatoms. The van der Waals surface area contributed by atoms with Crippen LogP contribution in [0.5, 0.6) is 0 Å². The summed E-state index contributed by atoms with van der Waals surface area (Å²) in [5.41, 5.74) is 2.43. The van der Waals surface area contributed by atoms with Gasteiger partial charge in [-0.15, -0.1) is 0 Å². The Labute approximate surface area is 154 Å². The van der Waals surface area contributed by atoms with E-state index in [1.54, 1.807) is 0 Å². The van der Waals surface area contributed by atoms with Gasteiger partial charge in [0, 0.05) is 11.1 Å². The van der Waals surface area contributed by atoms with E-state index in [9.17, 15) is 9.90 Å². The number of carbonyl (C=O) groups is 1. The van der Waals surface area contributed by atoms with Crippen LogP contribution < -0.4 is 0 Å². The minimum Gasteiger partial charge on any atom is -0.465 e. The van der Waals surface area contributed by atoms with Crippen molar-refractivity contribution >= 4 is 22.9 Å². The lowest BCUT2D eigenvalue weighted by atomic mass is 9.72. The molecule has 2 aromatic rings. The number of ether oxygens (including phenoxy) is 1. The summed E-state index contributed by atoms with van der Waals surface area (Å²) >= 11 is 0. The van der Waals surface area contributed by atoms with Crippen molar-refractivity contribution in [3.63, 3.8) is 0 Å². The van der Waals surface area contributed by atoms with Crippen LogP contribution in [-0.4, -0.2) is 28.8 Å². The lowest BCUT2D eigenvalue weighted by Crippen LogP contribution is -2.36. The van der Waals surface area contributed by atoms with E-state index in [2.05, 4.69) is 36.2 Å². The minimum absolute atomic E-state index is 0.185. The Morgan fingerprint density at radius 3 is 2.69 bits per heavy atom. The smallest absolute Gasteiger partial charge is 0.315 e. The summed E-state index contributed by atoms with van der Waals surface area (Å²) in [7, 11) is 0. The molecule has 0 atom stereocenters. The van der Waals surface area contributed by atoms with Crippen LogP contribution in [0.3, 0.4) is 0 Å². The van der Waals surface area contributed by atoms with Gasteiger partial charge < -0.3 is 9.84 Å². The van der Waals surface area contributed by atoms with E-state index < -0.39 is 5.41 Å². The van der Waals surface area contributed by atoms with E-state index in [0.29, 0.717) is 32.3 Å². The van der Waals surface area contributed by atoms with E-state index >= 15 is 0 Å². The standard InChI is InChI=1S/C22H27NO3/c1-3-18-8-7-17-6-5-16(15-20(17)23-18)9-12-22(21(25)26-4-2)13-10-19(24)11-14-22/h5-9,12,15,19,24H,3-4,10-11,13-14H2,1-2H3/b12-9+. The zero-order valence-electron chi connectivity index (χ0n) is 15.6. The van der Waals surface area contributed by atoms with Crippen molar-refractivity contribution in [3.05, 3.63) is 47.7 Å². The number of carbonyl (C=O) groups excluding carboxylic acids is 1. The molecule has 26 heavy (non-hydrogen) atoms. The molecule has 0 saturated heterocycles. The summed E-state index contributed by atoms with van der Waals surface area (Å²) in [4.78, 5) is 17.3. The van der Waals surface area contributed by atoms with Crippen LogP contribution in [0.25, 0.3) is 17.0 Å². The third-order valence-corrected chi connectivity index (χ3v) is 5.26. The summed E-state index contributed by atoms with van der Waals surface area (Å²) in [5.74, 6) is -0.185. The van der Waals surface area contributed by atoms with Crippen molar-refractivity contribution in [1.82, 2.24) is 4.98 Å². The molecule has 1 aliphatic rings. The summed E-state index contributed by atoms with van der Waals surface area (Å²) in [6, 6.07) is 10.3. The molecule has 0 radical (unpaired) electrons. The number of aromatic nitrogens is 1. The first-order valence-corrected chi connectivity index (χ1v) is 9.50. The largest absolute Gasteiger partial charge is 0.465 e. The van der Waals surface area contributed by atoms with E-state index in [1.165, 1.54) is 0 Å². The summed E-state index contributed by atoms with van der Waals surface area (Å²) < 4.78 is 5.32. The molecule has 1 N–H and O–H groups in total. The van der Waals surface area contributed by atoms with Gasteiger partial charge in [0.05, 0.1) is 23.6 Å². The number of nitrogens with zero attached hydrogens (tertiary/aromatic N) is 1. The molecule has 0 spiro atoms. The average molecular weight is 353 g/mol. The molecule has 1 heterocycles. The second-order valence-corrected chi connectivity index (χ2v) is 7.05. The highest BCUT2D eigenvalue weighted by Gasteiger charge is 2.40. The maximum atomic E-state index is 12.6. The molecule has 4 nitrogen and oxygen atoms in total. The second-order valence-electron chi connectivity index (χ2n) is 7.05. The van der Waals surface area contributed by atoms with Crippen LogP contribution >= 0.6 is 0 Å². The fourth-order valence-electron chi connectivity index (χ4n) is 3.56. The Kier molecular flexibility index (Phi) is 5.72. The number of esters is 1. The molecule has 1 saturated carbocycles. The van der Waals surface area contributed by atoms with E-state index in [1.807, 2.05) is 25.1 Å². The topological polar surface area (TPSA) is 59.4 Å². The van der Waals surface area contributed by atoms with Crippen molar-refractivity contribution < 1.29 is 14.6 Å². The number of aryl methyl sites for hydroxylation is 1. The van der Waals surface area contributed by atoms with Gasteiger partial charge in [-0.3, -0.25) is 9.78 Å². The number of rotatable bonds is 5. The normalized spacial score (nSPS) is 23.4. The van der Waals surface area contributed by atoms with E-state index in [0.717, 1.165) is 28.6 Å². The minimum atomic E-state index is -0.636. The first kappa shape index (κ1) is 18.6. The molecule has 0 unspecified atom stereocenters. The van der Waals surface area contributed by atoms with Crippen LogP contribution in [0.4, 0.5) is 0 Å². The number of aliphatic hydroxyl groups is 1. The van der Waals surface area contributed by atoms with Gasteiger partial charge in [0.2, 0.25) is 0 Å². The Bertz CT molecular complexity index is 804. The van der Waals surface area contributed by atoms with Crippen LogP contribution in [-0.2, 0) is 16.0 Å². The van der Waals surface area contributed by atoms with Gasteiger partial charge in [0.25, 0.3) is 0 Å². The van der Waals surface area contributed by atoms with Gasteiger partial charge in [0.15, 0.2) is 0 Å². The van der Waals surface area contributed by atoms with Crippen LogP contribution in [0.15, 0.2) is 36.4 Å². The zero-order valence-corrected chi connectivity index (χ0v) is 15.6. The predicted octanol–water partition coefficient (Wildman–Crippen LogP) is 4.29. The molecule has 0 aliphatic heterocycles. The zero-order chi connectivity index (χ0) is 18.6. The summed E-state index contributed by atoms with van der Waals surface area (Å²) in [6.07, 6.45) is 7.05. The Hall–Kier alpha value is -2.20. The van der Waals surface area contributed by atoms with Crippen molar-refractivity contribution in [2.75, 3.05) is 6.61 Å². The molecule has 3 rings (SSSR count). The first-order chi connectivity index (χ1) is 12.6. The third kappa shape index (κ3) is 3.96. The SMILES string of the molecule is CCOC(=O)C1(/C=C/c2ccc3ccc(CC)nc3c2)CCC(O)CC1. The first-order valence-electron chi connectivity index (χ1n) is 9.50. The third-order valence-electron chi connectivity index (χ3n) is 5.26. The molecular weight excluding hydrogens is 326 g/mol. The van der Waals surface area contributed by atoms with Gasteiger partial charge in [0.1, 0.15) is 0 Å². The van der Waals surface area contributed by atoms with Gasteiger partial charge in [-0.2, -0.15) is 0 Å². The number of aliphatic hydroxyl groups excluding tert-OH is 1. The quantitative estimate of drug-likeness (QED) is 0.815. The Morgan fingerprint density at radius 1 is 1.27 bits per heavy atom. The highest BCUT2D eigenvalue weighted by atomic mass is 16.5. The second kappa shape index (κ2) is 8.00. The fraction of sp³-hybridized carbons (Fsp3) is 0.455. The molecule has 1 aliphatic carbocycles. The highest BCUT2D eigenvalue weighted by Crippen LogP contribution is 2.39. The van der Waals surface area contributed by atoms with E-state index in [-0.39, 0.29) is 12.1 Å². The predicted molar refractivity (Wildman–Crippen MR) is 104 cm³/mol. The fourth-order valence-corrected chi connectivity index (χ4v) is 3.56. The number of hydrogen-bond donors (Lipinski definition) is 1. The number of benzene rings is 1. The summed E-state index contributed by atoms with van der Waals surface area (Å²) in [5, 5.41) is 10.9. The van der Waals surface area contributed by atoms with E-state index in [4.69, 9.17) is 4.74 Å². The average Bonchev–Trinajstić information content (AvgIpc) is 2.67. The lowest BCUT2D eigenvalue weighted by molar-refractivity contribution is -0.155. The van der Waals surface area contributed by atoms with Gasteiger partial charge >= 0.3 is 5.97 Å². The Balaban J connectivity index is 1.89. The van der Waals surface area contributed by atoms with Gasteiger partial charge in [-0.25, -0.2) is 0 Å². The number of pyridine rings is 1. The highest BCUT2D eigenvalue weighted by molar-refractivity contribution is 5.83. The maximum Gasteiger partial charge on any atom is 0.315 e.